The molecule has 2 rings (SSSR count). The number of aromatic nitrogens is 1. The van der Waals surface area contributed by atoms with Gasteiger partial charge in [-0.1, -0.05) is 23.2 Å². The smallest absolute Gasteiger partial charge is 0.255 e. The lowest BCUT2D eigenvalue weighted by molar-refractivity contribution is 0.0680. The minimum absolute atomic E-state index is 0.179. The van der Waals surface area contributed by atoms with Gasteiger partial charge in [0.25, 0.3) is 5.91 Å². The molecule has 0 aliphatic rings. The Kier molecular flexibility index (Phi) is 6.19. The first-order chi connectivity index (χ1) is 10.6. The number of carbonyl (C=O) groups excluding carboxylic acids is 1. The maximum atomic E-state index is 12.7. The van der Waals surface area contributed by atoms with Crippen molar-refractivity contribution >= 4 is 29.1 Å². The van der Waals surface area contributed by atoms with E-state index in [-0.39, 0.29) is 5.91 Å². The summed E-state index contributed by atoms with van der Waals surface area (Å²) in [4.78, 5) is 18.4. The molecule has 0 aliphatic carbocycles. The van der Waals surface area contributed by atoms with Crippen LogP contribution in [0, 0.1) is 0 Å². The van der Waals surface area contributed by atoms with Crippen LogP contribution in [0.4, 0.5) is 0 Å². The van der Waals surface area contributed by atoms with Crippen molar-refractivity contribution in [3.8, 4) is 0 Å². The molecule has 0 bridgehead atoms. The molecule has 1 aromatic carbocycles. The van der Waals surface area contributed by atoms with Gasteiger partial charge in [0.1, 0.15) is 0 Å². The van der Waals surface area contributed by atoms with Gasteiger partial charge in [0.15, 0.2) is 0 Å². The summed E-state index contributed by atoms with van der Waals surface area (Å²) in [5, 5.41) is 0.856. The molecule has 0 spiro atoms. The van der Waals surface area contributed by atoms with Crippen molar-refractivity contribution in [1.29, 1.82) is 0 Å². The number of hydrogen-bond acceptors (Lipinski definition) is 3. The minimum atomic E-state index is -0.179. The maximum Gasteiger partial charge on any atom is 0.255 e. The van der Waals surface area contributed by atoms with Gasteiger partial charge in [-0.2, -0.15) is 0 Å². The third-order valence-electron chi connectivity index (χ3n) is 3.13. The van der Waals surface area contributed by atoms with Gasteiger partial charge < -0.3 is 9.64 Å². The lowest BCUT2D eigenvalue weighted by Gasteiger charge is -2.23. The molecule has 0 N–H and O–H groups in total. The SMILES string of the molecule is COCCN(Cc1ccncc1)C(=O)c1cc(Cl)ccc1Cl. The van der Waals surface area contributed by atoms with E-state index in [0.717, 1.165) is 5.56 Å². The number of ether oxygens (including phenoxy) is 1. The van der Waals surface area contributed by atoms with E-state index >= 15 is 0 Å². The van der Waals surface area contributed by atoms with E-state index in [4.69, 9.17) is 27.9 Å². The summed E-state index contributed by atoms with van der Waals surface area (Å²) >= 11 is 12.1. The largest absolute Gasteiger partial charge is 0.383 e. The van der Waals surface area contributed by atoms with Crippen molar-refractivity contribution in [1.82, 2.24) is 9.88 Å². The van der Waals surface area contributed by atoms with Crippen LogP contribution in [0.3, 0.4) is 0 Å². The maximum absolute atomic E-state index is 12.7. The molecule has 0 saturated carbocycles. The second-order valence-corrected chi connectivity index (χ2v) is 5.54. The molecule has 1 amide bonds. The molecule has 22 heavy (non-hydrogen) atoms. The van der Waals surface area contributed by atoms with Crippen LogP contribution < -0.4 is 0 Å². The summed E-state index contributed by atoms with van der Waals surface area (Å²) in [6.45, 7) is 1.35. The molecule has 0 radical (unpaired) electrons. The Balaban J connectivity index is 2.24. The number of pyridine rings is 1. The second-order valence-electron chi connectivity index (χ2n) is 4.70. The minimum Gasteiger partial charge on any atom is -0.383 e. The number of rotatable bonds is 6. The van der Waals surface area contributed by atoms with E-state index in [1.807, 2.05) is 12.1 Å². The van der Waals surface area contributed by atoms with Crippen molar-refractivity contribution in [3.63, 3.8) is 0 Å². The highest BCUT2D eigenvalue weighted by atomic mass is 35.5. The molecular weight excluding hydrogens is 323 g/mol. The summed E-state index contributed by atoms with van der Waals surface area (Å²) in [5.74, 6) is -0.179. The van der Waals surface area contributed by atoms with E-state index in [0.29, 0.717) is 35.3 Å². The van der Waals surface area contributed by atoms with Crippen LogP contribution in [0.5, 0.6) is 0 Å². The molecule has 0 saturated heterocycles. The Morgan fingerprint density at radius 3 is 2.64 bits per heavy atom. The highest BCUT2D eigenvalue weighted by Gasteiger charge is 2.19. The molecule has 0 fully saturated rings. The first-order valence-electron chi connectivity index (χ1n) is 6.74. The third-order valence-corrected chi connectivity index (χ3v) is 3.70. The highest BCUT2D eigenvalue weighted by molar-refractivity contribution is 6.35. The Morgan fingerprint density at radius 1 is 1.23 bits per heavy atom. The summed E-state index contributed by atoms with van der Waals surface area (Å²) in [5.41, 5.74) is 1.37. The fourth-order valence-corrected chi connectivity index (χ4v) is 2.36. The third kappa shape index (κ3) is 4.44. The van der Waals surface area contributed by atoms with E-state index in [1.54, 1.807) is 42.6 Å². The van der Waals surface area contributed by atoms with Gasteiger partial charge in [0.2, 0.25) is 0 Å². The number of carbonyl (C=O) groups is 1. The van der Waals surface area contributed by atoms with Crippen molar-refractivity contribution < 1.29 is 9.53 Å². The number of amides is 1. The average Bonchev–Trinajstić information content (AvgIpc) is 2.54. The fourth-order valence-electron chi connectivity index (χ4n) is 1.99. The zero-order chi connectivity index (χ0) is 15.9. The first-order valence-corrected chi connectivity index (χ1v) is 7.49. The zero-order valence-electron chi connectivity index (χ0n) is 12.1. The van der Waals surface area contributed by atoms with Crippen molar-refractivity contribution in [3.05, 3.63) is 63.9 Å². The van der Waals surface area contributed by atoms with Crippen LogP contribution in [-0.2, 0) is 11.3 Å². The van der Waals surface area contributed by atoms with Gasteiger partial charge in [-0.25, -0.2) is 0 Å². The van der Waals surface area contributed by atoms with Crippen molar-refractivity contribution in [2.75, 3.05) is 20.3 Å². The molecule has 0 aliphatic heterocycles. The monoisotopic (exact) mass is 338 g/mol. The molecule has 0 unspecified atom stereocenters. The lowest BCUT2D eigenvalue weighted by atomic mass is 10.1. The molecule has 116 valence electrons. The molecule has 1 heterocycles. The molecule has 6 heteroatoms. The Morgan fingerprint density at radius 2 is 1.95 bits per heavy atom. The molecule has 2 aromatic rings. The van der Waals surface area contributed by atoms with E-state index in [1.165, 1.54) is 0 Å². The van der Waals surface area contributed by atoms with Crippen LogP contribution >= 0.6 is 23.2 Å². The normalized spacial score (nSPS) is 10.5. The number of methoxy groups -OCH3 is 1. The van der Waals surface area contributed by atoms with Crippen LogP contribution in [0.15, 0.2) is 42.7 Å². The highest BCUT2D eigenvalue weighted by Crippen LogP contribution is 2.22. The van der Waals surface area contributed by atoms with Crippen LogP contribution in [-0.4, -0.2) is 36.1 Å². The Bertz CT molecular complexity index is 635. The second kappa shape index (κ2) is 8.13. The van der Waals surface area contributed by atoms with Gasteiger partial charge >= 0.3 is 0 Å². The summed E-state index contributed by atoms with van der Waals surface area (Å²) in [6, 6.07) is 8.60. The summed E-state index contributed by atoms with van der Waals surface area (Å²) in [6.07, 6.45) is 3.39. The topological polar surface area (TPSA) is 42.4 Å². The Labute approximate surface area is 139 Å². The fraction of sp³-hybridized carbons (Fsp3) is 0.250. The lowest BCUT2D eigenvalue weighted by Crippen LogP contribution is -2.33. The van der Waals surface area contributed by atoms with Gasteiger partial charge in [-0.15, -0.1) is 0 Å². The van der Waals surface area contributed by atoms with Gasteiger partial charge in [0.05, 0.1) is 17.2 Å². The zero-order valence-corrected chi connectivity index (χ0v) is 13.6. The van der Waals surface area contributed by atoms with Crippen LogP contribution in [0.25, 0.3) is 0 Å². The van der Waals surface area contributed by atoms with Gasteiger partial charge in [-0.3, -0.25) is 9.78 Å². The molecular formula is C16H16Cl2N2O2. The number of hydrogen-bond donors (Lipinski definition) is 0. The number of halogens is 2. The first kappa shape index (κ1) is 16.7. The Hall–Kier alpha value is -1.62. The van der Waals surface area contributed by atoms with Gasteiger partial charge in [-0.05, 0) is 35.9 Å². The van der Waals surface area contributed by atoms with Crippen molar-refractivity contribution in [2.24, 2.45) is 0 Å². The van der Waals surface area contributed by atoms with Crippen LogP contribution in [0.1, 0.15) is 15.9 Å². The average molecular weight is 339 g/mol. The van der Waals surface area contributed by atoms with E-state index in [9.17, 15) is 4.79 Å². The predicted molar refractivity (Wildman–Crippen MR) is 87.3 cm³/mol. The number of benzene rings is 1. The standard InChI is InChI=1S/C16H16Cl2N2O2/c1-22-9-8-20(11-12-4-6-19-7-5-12)16(21)14-10-13(17)2-3-15(14)18/h2-7,10H,8-9,11H2,1H3. The van der Waals surface area contributed by atoms with Crippen LogP contribution in [0.2, 0.25) is 10.0 Å². The summed E-state index contributed by atoms with van der Waals surface area (Å²) in [7, 11) is 1.60. The molecule has 1 aromatic heterocycles. The molecule has 0 atom stereocenters. The van der Waals surface area contributed by atoms with Crippen molar-refractivity contribution in [2.45, 2.75) is 6.54 Å². The van der Waals surface area contributed by atoms with E-state index in [2.05, 4.69) is 4.98 Å². The summed E-state index contributed by atoms with van der Waals surface area (Å²) < 4.78 is 5.08. The quantitative estimate of drug-likeness (QED) is 0.806. The number of nitrogens with zero attached hydrogens (tertiary/aromatic N) is 2. The van der Waals surface area contributed by atoms with E-state index < -0.39 is 0 Å². The van der Waals surface area contributed by atoms with Gasteiger partial charge in [0, 0.05) is 37.6 Å². The predicted octanol–water partition coefficient (Wildman–Crippen LogP) is 3.68. The molecule has 4 nitrogen and oxygen atoms in total.